The SMILES string of the molecule is CCc1[nH]nc(-c2ccccc2OC)c1NC(=O)c1ccc(F)cc1F. The summed E-state index contributed by atoms with van der Waals surface area (Å²) in [6.07, 6.45) is 0.573. The number of para-hydroxylation sites is 1. The summed E-state index contributed by atoms with van der Waals surface area (Å²) in [5, 5.41) is 9.84. The maximum atomic E-state index is 13.9. The third-order valence-electron chi connectivity index (χ3n) is 3.97. The Morgan fingerprint density at radius 1 is 1.23 bits per heavy atom. The third kappa shape index (κ3) is 3.28. The molecular formula is C19H17F2N3O2. The molecule has 0 saturated carbocycles. The highest BCUT2D eigenvalue weighted by molar-refractivity contribution is 6.06. The normalized spacial score (nSPS) is 10.6. The van der Waals surface area contributed by atoms with Crippen LogP contribution in [-0.4, -0.2) is 23.2 Å². The van der Waals surface area contributed by atoms with Gasteiger partial charge >= 0.3 is 0 Å². The molecule has 0 fully saturated rings. The predicted molar refractivity (Wildman–Crippen MR) is 94.3 cm³/mol. The second kappa shape index (κ2) is 7.35. The van der Waals surface area contributed by atoms with Crippen molar-refractivity contribution in [2.45, 2.75) is 13.3 Å². The molecule has 0 aliphatic carbocycles. The number of nitrogens with one attached hydrogen (secondary N) is 2. The van der Waals surface area contributed by atoms with Crippen molar-refractivity contribution in [3.8, 4) is 17.0 Å². The largest absolute Gasteiger partial charge is 0.496 e. The van der Waals surface area contributed by atoms with Gasteiger partial charge in [0.25, 0.3) is 5.91 Å². The molecule has 0 unspecified atom stereocenters. The number of aromatic amines is 1. The van der Waals surface area contributed by atoms with Crippen LogP contribution in [0.15, 0.2) is 42.5 Å². The molecule has 3 rings (SSSR count). The number of aromatic nitrogens is 2. The van der Waals surface area contributed by atoms with Gasteiger partial charge in [0.05, 0.1) is 24.1 Å². The molecule has 0 aliphatic rings. The maximum absolute atomic E-state index is 13.9. The number of benzene rings is 2. The van der Waals surface area contributed by atoms with Crippen LogP contribution in [0.3, 0.4) is 0 Å². The number of amides is 1. The maximum Gasteiger partial charge on any atom is 0.258 e. The van der Waals surface area contributed by atoms with Gasteiger partial charge < -0.3 is 10.1 Å². The lowest BCUT2D eigenvalue weighted by molar-refractivity contribution is 0.102. The van der Waals surface area contributed by atoms with Gasteiger partial charge in [0.1, 0.15) is 23.1 Å². The molecule has 1 amide bonds. The lowest BCUT2D eigenvalue weighted by atomic mass is 10.1. The fraction of sp³-hybridized carbons (Fsp3) is 0.158. The minimum absolute atomic E-state index is 0.249. The molecule has 1 aromatic heterocycles. The van der Waals surface area contributed by atoms with E-state index in [9.17, 15) is 13.6 Å². The number of hydrogen-bond donors (Lipinski definition) is 2. The summed E-state index contributed by atoms with van der Waals surface area (Å²) in [7, 11) is 1.54. The fourth-order valence-electron chi connectivity index (χ4n) is 2.66. The minimum atomic E-state index is -0.928. The number of aryl methyl sites for hydroxylation is 1. The van der Waals surface area contributed by atoms with Crippen LogP contribution in [0, 0.1) is 11.6 Å². The summed E-state index contributed by atoms with van der Waals surface area (Å²) in [4.78, 5) is 12.5. The molecule has 0 spiro atoms. The second-order valence-corrected chi connectivity index (χ2v) is 5.56. The molecular weight excluding hydrogens is 340 g/mol. The first kappa shape index (κ1) is 17.6. The summed E-state index contributed by atoms with van der Waals surface area (Å²) in [5.74, 6) is -1.77. The van der Waals surface area contributed by atoms with Crippen molar-refractivity contribution in [3.63, 3.8) is 0 Å². The van der Waals surface area contributed by atoms with Crippen LogP contribution in [0.5, 0.6) is 5.75 Å². The summed E-state index contributed by atoms with van der Waals surface area (Å²) >= 11 is 0. The van der Waals surface area contributed by atoms with E-state index < -0.39 is 17.5 Å². The summed E-state index contributed by atoms with van der Waals surface area (Å²) in [5.41, 5.74) is 2.03. The molecule has 0 radical (unpaired) electrons. The first-order chi connectivity index (χ1) is 12.5. The van der Waals surface area contributed by atoms with Crippen LogP contribution in [0.25, 0.3) is 11.3 Å². The molecule has 26 heavy (non-hydrogen) atoms. The molecule has 5 nitrogen and oxygen atoms in total. The van der Waals surface area contributed by atoms with Gasteiger partial charge in [-0.15, -0.1) is 0 Å². The quantitative estimate of drug-likeness (QED) is 0.720. The highest BCUT2D eigenvalue weighted by atomic mass is 19.1. The molecule has 134 valence electrons. The molecule has 0 saturated heterocycles. The van der Waals surface area contributed by atoms with E-state index in [1.807, 2.05) is 25.1 Å². The average Bonchev–Trinajstić information content (AvgIpc) is 3.03. The molecule has 2 N–H and O–H groups in total. The number of hydrogen-bond acceptors (Lipinski definition) is 3. The van der Waals surface area contributed by atoms with Crippen LogP contribution in [0.4, 0.5) is 14.5 Å². The fourth-order valence-corrected chi connectivity index (χ4v) is 2.66. The van der Waals surface area contributed by atoms with E-state index >= 15 is 0 Å². The first-order valence-electron chi connectivity index (χ1n) is 8.02. The first-order valence-corrected chi connectivity index (χ1v) is 8.02. The highest BCUT2D eigenvalue weighted by Gasteiger charge is 2.21. The van der Waals surface area contributed by atoms with Gasteiger partial charge in [0.2, 0.25) is 0 Å². The zero-order valence-electron chi connectivity index (χ0n) is 14.3. The second-order valence-electron chi connectivity index (χ2n) is 5.56. The van der Waals surface area contributed by atoms with E-state index in [0.29, 0.717) is 40.9 Å². The number of halogens is 2. The van der Waals surface area contributed by atoms with Gasteiger partial charge in [0, 0.05) is 11.6 Å². The van der Waals surface area contributed by atoms with E-state index in [4.69, 9.17) is 4.74 Å². The minimum Gasteiger partial charge on any atom is -0.496 e. The lowest BCUT2D eigenvalue weighted by Gasteiger charge is -2.11. The van der Waals surface area contributed by atoms with Crippen molar-refractivity contribution in [2.75, 3.05) is 12.4 Å². The number of anilines is 1. The standard InChI is InChI=1S/C19H17F2N3O2/c1-3-15-18(22-19(25)12-9-8-11(20)10-14(12)21)17(24-23-15)13-6-4-5-7-16(13)26-2/h4-10H,3H2,1-2H3,(H,22,25)(H,23,24). The van der Waals surface area contributed by atoms with Gasteiger partial charge in [0.15, 0.2) is 0 Å². The van der Waals surface area contributed by atoms with E-state index in [2.05, 4.69) is 15.5 Å². The number of carbonyl (C=O) groups is 1. The van der Waals surface area contributed by atoms with Gasteiger partial charge in [-0.3, -0.25) is 9.89 Å². The summed E-state index contributed by atoms with van der Waals surface area (Å²) < 4.78 is 32.3. The van der Waals surface area contributed by atoms with E-state index in [0.717, 1.165) is 12.1 Å². The Kier molecular flexibility index (Phi) is 4.97. The Morgan fingerprint density at radius 2 is 2.00 bits per heavy atom. The number of methoxy groups -OCH3 is 1. The van der Waals surface area contributed by atoms with Crippen molar-refractivity contribution in [3.05, 3.63) is 65.4 Å². The third-order valence-corrected chi connectivity index (χ3v) is 3.97. The van der Waals surface area contributed by atoms with Crippen molar-refractivity contribution in [1.29, 1.82) is 0 Å². The van der Waals surface area contributed by atoms with Gasteiger partial charge in [-0.1, -0.05) is 19.1 Å². The summed E-state index contributed by atoms with van der Waals surface area (Å²) in [6.45, 7) is 1.90. The zero-order chi connectivity index (χ0) is 18.7. The van der Waals surface area contributed by atoms with Gasteiger partial charge in [-0.2, -0.15) is 5.10 Å². The van der Waals surface area contributed by atoms with Crippen molar-refractivity contribution < 1.29 is 18.3 Å². The molecule has 0 aliphatic heterocycles. The molecule has 2 aromatic carbocycles. The Hall–Kier alpha value is -3.22. The molecule has 1 heterocycles. The van der Waals surface area contributed by atoms with Crippen LogP contribution in [0.2, 0.25) is 0 Å². The van der Waals surface area contributed by atoms with Crippen molar-refractivity contribution in [1.82, 2.24) is 10.2 Å². The number of nitrogens with zero attached hydrogens (tertiary/aromatic N) is 1. The van der Waals surface area contributed by atoms with E-state index in [1.54, 1.807) is 13.2 Å². The molecule has 0 bridgehead atoms. The monoisotopic (exact) mass is 357 g/mol. The van der Waals surface area contributed by atoms with E-state index in [-0.39, 0.29) is 5.56 Å². The topological polar surface area (TPSA) is 67.0 Å². The van der Waals surface area contributed by atoms with Crippen LogP contribution in [-0.2, 0) is 6.42 Å². The Balaban J connectivity index is 2.02. The summed E-state index contributed by atoms with van der Waals surface area (Å²) in [6, 6.07) is 10.0. The number of H-pyrrole nitrogens is 1. The number of rotatable bonds is 5. The smallest absolute Gasteiger partial charge is 0.258 e. The van der Waals surface area contributed by atoms with Crippen molar-refractivity contribution >= 4 is 11.6 Å². The van der Waals surface area contributed by atoms with Crippen LogP contribution in [0.1, 0.15) is 23.0 Å². The molecule has 0 atom stereocenters. The van der Waals surface area contributed by atoms with Gasteiger partial charge in [-0.05, 0) is 30.7 Å². The predicted octanol–water partition coefficient (Wildman–Crippen LogP) is 4.18. The zero-order valence-corrected chi connectivity index (χ0v) is 14.3. The van der Waals surface area contributed by atoms with Gasteiger partial charge in [-0.25, -0.2) is 8.78 Å². The number of ether oxygens (including phenoxy) is 1. The van der Waals surface area contributed by atoms with E-state index in [1.165, 1.54) is 0 Å². The van der Waals surface area contributed by atoms with Crippen LogP contribution < -0.4 is 10.1 Å². The lowest BCUT2D eigenvalue weighted by Crippen LogP contribution is -2.15. The number of carbonyl (C=O) groups excluding carboxylic acids is 1. The Morgan fingerprint density at radius 3 is 2.69 bits per heavy atom. The molecule has 3 aromatic rings. The van der Waals surface area contributed by atoms with Crippen molar-refractivity contribution in [2.24, 2.45) is 0 Å². The Labute approximate surface area is 149 Å². The molecule has 7 heteroatoms. The highest BCUT2D eigenvalue weighted by Crippen LogP contribution is 2.35. The Bertz CT molecular complexity index is 954. The average molecular weight is 357 g/mol. The van der Waals surface area contributed by atoms with Crippen LogP contribution >= 0.6 is 0 Å².